The van der Waals surface area contributed by atoms with Crippen LogP contribution in [0.5, 0.6) is 17.8 Å². The van der Waals surface area contributed by atoms with E-state index in [0.717, 1.165) is 11.1 Å². The molecule has 0 bridgehead atoms. The van der Waals surface area contributed by atoms with Crippen LogP contribution in [0.25, 0.3) is 22.1 Å². The summed E-state index contributed by atoms with van der Waals surface area (Å²) in [7, 11) is 5.60. The number of carbonyl (C=O) groups is 2. The lowest BCUT2D eigenvalue weighted by Gasteiger charge is -2.28. The molecule has 392 valence electrons. The van der Waals surface area contributed by atoms with Crippen molar-refractivity contribution in [3.63, 3.8) is 0 Å². The van der Waals surface area contributed by atoms with Gasteiger partial charge in [-0.15, -0.1) is 5.10 Å². The normalized spacial score (nSPS) is 11.7. The Labute approximate surface area is 430 Å². The minimum Gasteiger partial charge on any atom is -0.506 e. The van der Waals surface area contributed by atoms with Gasteiger partial charge in [0.15, 0.2) is 17.0 Å². The number of amides is 2. The number of carbonyl (C=O) groups excluding carboxylic acids is 2. The lowest BCUT2D eigenvalue weighted by Crippen LogP contribution is -2.42. The number of nitrogens with one attached hydrogen (secondary N) is 3. The molecule has 3 aromatic carbocycles. The van der Waals surface area contributed by atoms with Crippen LogP contribution in [0.15, 0.2) is 79.3 Å². The number of fused-ring (bicyclic) bond motifs is 2. The van der Waals surface area contributed by atoms with Crippen molar-refractivity contribution in [2.75, 3.05) is 104 Å². The number of quaternary nitrogens is 1. The molecule has 0 unspecified atom stereocenters. The number of hydrogen-bond donors (Lipinski definition) is 6. The predicted octanol–water partition coefficient (Wildman–Crippen LogP) is 4.53. The van der Waals surface area contributed by atoms with Gasteiger partial charge in [0.2, 0.25) is 11.8 Å². The molecule has 0 atom stereocenters. The maximum absolute atomic E-state index is 13.7. The van der Waals surface area contributed by atoms with Crippen LogP contribution in [0.3, 0.4) is 0 Å². The average Bonchev–Trinajstić information content (AvgIpc) is 3.96. The minimum atomic E-state index is -0.551. The maximum atomic E-state index is 13.7. The number of phenolic OH excluding ortho intramolecular Hbond substituents is 1. The Hall–Kier alpha value is -7.61. The molecule has 0 aliphatic carbocycles. The molecule has 0 spiro atoms. The summed E-state index contributed by atoms with van der Waals surface area (Å²) >= 11 is 5.93. The Kier molecular flexibility index (Phi) is 19.3. The minimum absolute atomic E-state index is 0.0519. The monoisotopic (exact) mass is 1040 g/mol. The first-order valence-electron chi connectivity index (χ1n) is 23.5. The number of halogens is 2. The van der Waals surface area contributed by atoms with E-state index in [1.54, 1.807) is 30.1 Å². The summed E-state index contributed by atoms with van der Waals surface area (Å²) in [4.78, 5) is 46.5. The third-order valence-electron chi connectivity index (χ3n) is 11.3. The fourth-order valence-corrected chi connectivity index (χ4v) is 7.36. The number of aromatic nitrogens is 9. The zero-order chi connectivity index (χ0) is 52.5. The molecule has 25 heteroatoms. The lowest BCUT2D eigenvalue weighted by atomic mass is 10.1. The van der Waals surface area contributed by atoms with Crippen molar-refractivity contribution in [3.05, 3.63) is 107 Å². The molecular weight excluding hydrogens is 983 g/mol. The van der Waals surface area contributed by atoms with Gasteiger partial charge in [-0.1, -0.05) is 41.1 Å². The summed E-state index contributed by atoms with van der Waals surface area (Å²) in [5.41, 5.74) is 10.2. The molecule has 0 aliphatic heterocycles. The van der Waals surface area contributed by atoms with Crippen LogP contribution >= 0.6 is 11.6 Å². The molecule has 7 aromatic rings. The summed E-state index contributed by atoms with van der Waals surface area (Å²) in [6.07, 6.45) is 6.97. The summed E-state index contributed by atoms with van der Waals surface area (Å²) in [6.45, 7) is 5.46. The van der Waals surface area contributed by atoms with Gasteiger partial charge in [-0.3, -0.25) is 14.2 Å². The van der Waals surface area contributed by atoms with Crippen molar-refractivity contribution in [1.82, 2.24) is 49.8 Å². The Balaban J connectivity index is 0.707. The van der Waals surface area contributed by atoms with Crippen molar-refractivity contribution in [1.29, 1.82) is 0 Å². The number of nitrogens with two attached hydrogens (primary N) is 1. The van der Waals surface area contributed by atoms with Crippen molar-refractivity contribution < 1.29 is 52.4 Å². The molecule has 4 aromatic heterocycles. The second-order valence-electron chi connectivity index (χ2n) is 17.4. The van der Waals surface area contributed by atoms with E-state index in [1.165, 1.54) is 41.2 Å². The summed E-state index contributed by atoms with van der Waals surface area (Å²) < 4.78 is 45.0. The van der Waals surface area contributed by atoms with Crippen molar-refractivity contribution >= 4 is 68.5 Å². The van der Waals surface area contributed by atoms with Crippen LogP contribution in [0.2, 0.25) is 5.02 Å². The number of methoxy groups -OCH3 is 1. The molecule has 23 nitrogen and oxygen atoms in total. The van der Waals surface area contributed by atoms with Gasteiger partial charge >= 0.3 is 6.01 Å². The zero-order valence-corrected chi connectivity index (χ0v) is 41.9. The van der Waals surface area contributed by atoms with Gasteiger partial charge in [0.1, 0.15) is 36.9 Å². The van der Waals surface area contributed by atoms with E-state index in [0.29, 0.717) is 117 Å². The number of likely N-dealkylation sites (N-methyl/N-ethyl adjacent to an activating group) is 1. The number of hydrogen-bond acceptors (Lipinski definition) is 18. The van der Waals surface area contributed by atoms with Gasteiger partial charge in [-0.05, 0) is 41.5 Å². The fraction of sp³-hybridized carbons (Fsp3) is 0.367. The first kappa shape index (κ1) is 54.2. The van der Waals surface area contributed by atoms with E-state index in [9.17, 15) is 24.2 Å². The van der Waals surface area contributed by atoms with Gasteiger partial charge in [-0.25, -0.2) is 19.0 Å². The summed E-state index contributed by atoms with van der Waals surface area (Å²) in [6, 6.07) is 14.5. The largest absolute Gasteiger partial charge is 0.506 e. The van der Waals surface area contributed by atoms with Crippen molar-refractivity contribution in [2.24, 2.45) is 0 Å². The number of ether oxygens (including phenoxy) is 5. The average molecular weight is 1040 g/mol. The molecule has 2 amide bonds. The molecular formula is C49H59ClFN14O9+. The van der Waals surface area contributed by atoms with Crippen LogP contribution < -0.4 is 26.4 Å². The highest BCUT2D eigenvalue weighted by Gasteiger charge is 2.19. The van der Waals surface area contributed by atoms with Gasteiger partial charge in [0.05, 0.1) is 102 Å². The number of phenols is 1. The highest BCUT2D eigenvalue weighted by Crippen LogP contribution is 2.33. The van der Waals surface area contributed by atoms with E-state index in [2.05, 4.69) is 51.2 Å². The van der Waals surface area contributed by atoms with E-state index in [4.69, 9.17) is 41.0 Å². The van der Waals surface area contributed by atoms with Crippen LogP contribution in [-0.4, -0.2) is 158 Å². The number of aryl methyl sites for hydroxylation is 1. The van der Waals surface area contributed by atoms with Crippen molar-refractivity contribution in [3.8, 4) is 17.8 Å². The van der Waals surface area contributed by atoms with E-state index in [-0.39, 0.29) is 65.3 Å². The number of nitrogens with zero attached hydrogens (tertiary/aromatic N) is 10. The second kappa shape index (κ2) is 26.4. The van der Waals surface area contributed by atoms with Gasteiger partial charge < -0.3 is 60.1 Å². The Morgan fingerprint density at radius 3 is 2.43 bits per heavy atom. The van der Waals surface area contributed by atoms with E-state index >= 15 is 0 Å². The zero-order valence-electron chi connectivity index (χ0n) is 41.2. The Bertz CT molecular complexity index is 3030. The number of rotatable bonds is 29. The Morgan fingerprint density at radius 2 is 1.66 bits per heavy atom. The lowest BCUT2D eigenvalue weighted by molar-refractivity contribution is -0.884. The molecule has 7 rings (SSSR count). The Morgan fingerprint density at radius 1 is 0.905 bits per heavy atom. The highest BCUT2D eigenvalue weighted by atomic mass is 35.5. The molecule has 74 heavy (non-hydrogen) atoms. The van der Waals surface area contributed by atoms with Crippen LogP contribution in [0.1, 0.15) is 23.2 Å². The van der Waals surface area contributed by atoms with E-state index < -0.39 is 11.7 Å². The van der Waals surface area contributed by atoms with Crippen LogP contribution in [-0.2, 0) is 54.6 Å². The second-order valence-corrected chi connectivity index (χ2v) is 17.8. The molecule has 0 fully saturated rings. The quantitative estimate of drug-likeness (QED) is 0.0163. The molecule has 0 saturated heterocycles. The predicted molar refractivity (Wildman–Crippen MR) is 272 cm³/mol. The first-order chi connectivity index (χ1) is 35.7. The van der Waals surface area contributed by atoms with Gasteiger partial charge in [0.25, 0.3) is 6.01 Å². The van der Waals surface area contributed by atoms with Gasteiger partial charge in [-0.2, -0.15) is 15.0 Å². The van der Waals surface area contributed by atoms with Crippen LogP contribution in [0.4, 0.5) is 27.4 Å². The third-order valence-corrected chi connectivity index (χ3v) is 11.5. The topological polar surface area (TPSA) is 283 Å². The number of benzene rings is 3. The number of anilines is 4. The summed E-state index contributed by atoms with van der Waals surface area (Å²) in [5, 5.41) is 38.6. The van der Waals surface area contributed by atoms with Gasteiger partial charge in [0, 0.05) is 55.9 Å². The number of nitrogen functional groups attached to an aromatic ring is 1. The van der Waals surface area contributed by atoms with E-state index in [1.807, 2.05) is 38.4 Å². The van der Waals surface area contributed by atoms with Crippen molar-refractivity contribution in [2.45, 2.75) is 32.5 Å². The third kappa shape index (κ3) is 15.9. The molecule has 0 aliphatic rings. The summed E-state index contributed by atoms with van der Waals surface area (Å²) in [5.74, 6) is -0.804. The fourth-order valence-electron chi connectivity index (χ4n) is 7.18. The molecule has 0 radical (unpaired) electrons. The first-order valence-corrected chi connectivity index (χ1v) is 23.9. The molecule has 4 heterocycles. The standard InChI is InChI=1S/C49H58ClFN14O9/c1-65(2,15-4-5-43(68)57-40-26-36-39(27-41(40)66)54-31-55-46(36)56-34-10-12-38(51)37(50)25-34)16-18-72-21-23-73-22-20-71-17-14-63-30-35(61-62-63)11-13-42(67)53-28-32-6-8-33(9-7-32)29-64-47-44(58-49(64)69)45(52)59-48(60-47)74-24-19-70-3/h4-10,12,25-27,30-31H,11,13-24,28-29H2,1-3H3,(H6-,52,53,54,55,56,57,58,59,60,61,62,66,67,68,69)/p+1/b5-4+. The number of aromatic hydroxyl groups is 2. The molecule has 0 saturated carbocycles. The van der Waals surface area contributed by atoms with Crippen LogP contribution in [0, 0.1) is 5.82 Å². The smallest absolute Gasteiger partial charge is 0.320 e. The SMILES string of the molecule is COCCOc1nc(N)c2nc(O)n(Cc3ccc(CNC(=O)CCc4cn(CCOCCOCCOCC[N+](C)(C)C/C=C/C(=O)Nc5cc6c(Nc7ccc(F)c(Cl)c7)ncnc6cc5O)nn4)cc3)c2n1. The highest BCUT2D eigenvalue weighted by molar-refractivity contribution is 6.31. The molecule has 7 N–H and O–H groups in total. The number of imidazole rings is 1. The maximum Gasteiger partial charge on any atom is 0.320 e.